The smallest absolute Gasteiger partial charge is 0.119 e. The summed E-state index contributed by atoms with van der Waals surface area (Å²) < 4.78 is 5.33. The monoisotopic (exact) mass is 397 g/mol. The molecule has 3 N–H and O–H groups in total. The molecular formula is C24H31NO2S. The normalized spacial score (nSPS) is 26.8. The molecule has 1 fully saturated rings. The number of aliphatic hydroxyl groups excluding tert-OH is 1. The predicted octanol–water partition coefficient (Wildman–Crippen LogP) is 4.55. The van der Waals surface area contributed by atoms with Gasteiger partial charge in [-0.25, -0.2) is 0 Å². The molecule has 0 saturated heterocycles. The van der Waals surface area contributed by atoms with Gasteiger partial charge in [0, 0.05) is 16.2 Å². The molecule has 1 saturated carbocycles. The highest BCUT2D eigenvalue weighted by Gasteiger charge is 2.36. The van der Waals surface area contributed by atoms with Crippen LogP contribution in [-0.4, -0.2) is 30.1 Å². The van der Waals surface area contributed by atoms with Crippen molar-refractivity contribution in [2.24, 2.45) is 11.7 Å². The van der Waals surface area contributed by atoms with Crippen LogP contribution in [0, 0.1) is 5.92 Å². The van der Waals surface area contributed by atoms with Gasteiger partial charge in [-0.05, 0) is 85.3 Å². The van der Waals surface area contributed by atoms with E-state index in [4.69, 9.17) is 10.5 Å². The summed E-state index contributed by atoms with van der Waals surface area (Å²) in [7, 11) is 1.72. The van der Waals surface area contributed by atoms with E-state index in [0.29, 0.717) is 5.92 Å². The second-order valence-corrected chi connectivity index (χ2v) is 9.68. The Kier molecular flexibility index (Phi) is 6.00. The molecule has 0 heterocycles. The zero-order valence-corrected chi connectivity index (χ0v) is 17.5. The highest BCUT2D eigenvalue weighted by atomic mass is 32.2. The molecule has 0 amide bonds. The molecule has 150 valence electrons. The maximum Gasteiger partial charge on any atom is 0.119 e. The van der Waals surface area contributed by atoms with E-state index < -0.39 is 0 Å². The van der Waals surface area contributed by atoms with Crippen molar-refractivity contribution in [3.8, 4) is 5.75 Å². The number of hydrogen-bond acceptors (Lipinski definition) is 4. The van der Waals surface area contributed by atoms with Crippen LogP contribution in [0.2, 0.25) is 0 Å². The summed E-state index contributed by atoms with van der Waals surface area (Å²) in [6, 6.07) is 15.4. The van der Waals surface area contributed by atoms with E-state index in [9.17, 15) is 5.11 Å². The van der Waals surface area contributed by atoms with Crippen LogP contribution >= 0.6 is 11.8 Å². The molecule has 2 aromatic rings. The van der Waals surface area contributed by atoms with Crippen LogP contribution in [0.15, 0.2) is 47.4 Å². The van der Waals surface area contributed by atoms with Gasteiger partial charge in [0.1, 0.15) is 5.75 Å². The summed E-state index contributed by atoms with van der Waals surface area (Å²) in [5.74, 6) is 3.32. The van der Waals surface area contributed by atoms with Gasteiger partial charge >= 0.3 is 0 Å². The van der Waals surface area contributed by atoms with Gasteiger partial charge in [0.25, 0.3) is 0 Å². The van der Waals surface area contributed by atoms with E-state index in [0.717, 1.165) is 36.7 Å². The molecule has 2 aliphatic rings. The van der Waals surface area contributed by atoms with Crippen molar-refractivity contribution < 1.29 is 9.84 Å². The Bertz CT molecular complexity index is 824. The first kappa shape index (κ1) is 19.8. The standard InChI is InChI=1S/C24H31NO2S/c1-27-22-3-2-4-23(13-22)28-15-17-5-6-19-12-20(8-7-18(19)11-17)21-9-10-24(25,14-21)16-26/h2-4,7-8,12-13,17,21,26H,5-6,9-11,14-16,25H2,1H3/t17?,21-,24+/m0/s1. The van der Waals surface area contributed by atoms with Crippen molar-refractivity contribution in [1.29, 1.82) is 0 Å². The van der Waals surface area contributed by atoms with E-state index in [2.05, 4.69) is 36.4 Å². The lowest BCUT2D eigenvalue weighted by molar-refractivity contribution is 0.198. The summed E-state index contributed by atoms with van der Waals surface area (Å²) >= 11 is 1.94. The summed E-state index contributed by atoms with van der Waals surface area (Å²) in [5.41, 5.74) is 10.4. The molecular weight excluding hydrogens is 366 g/mol. The topological polar surface area (TPSA) is 55.5 Å². The zero-order chi connectivity index (χ0) is 19.6. The minimum atomic E-state index is -0.372. The van der Waals surface area contributed by atoms with E-state index >= 15 is 0 Å². The van der Waals surface area contributed by atoms with E-state index in [-0.39, 0.29) is 12.1 Å². The van der Waals surface area contributed by atoms with Crippen LogP contribution in [0.25, 0.3) is 0 Å². The fraction of sp³-hybridized carbons (Fsp3) is 0.500. The molecule has 1 unspecified atom stereocenters. The highest BCUT2D eigenvalue weighted by Crippen LogP contribution is 2.41. The van der Waals surface area contributed by atoms with Gasteiger partial charge in [-0.15, -0.1) is 11.8 Å². The second kappa shape index (κ2) is 8.48. The number of thioether (sulfide) groups is 1. The average molecular weight is 398 g/mol. The Morgan fingerprint density at radius 1 is 1.18 bits per heavy atom. The molecule has 0 aromatic heterocycles. The van der Waals surface area contributed by atoms with Crippen molar-refractivity contribution in [3.05, 3.63) is 59.2 Å². The molecule has 0 bridgehead atoms. The van der Waals surface area contributed by atoms with Gasteiger partial charge in [-0.1, -0.05) is 24.3 Å². The van der Waals surface area contributed by atoms with E-state index in [1.54, 1.807) is 7.11 Å². The molecule has 2 aromatic carbocycles. The maximum atomic E-state index is 9.54. The molecule has 3 nitrogen and oxygen atoms in total. The largest absolute Gasteiger partial charge is 0.497 e. The van der Waals surface area contributed by atoms with Gasteiger partial charge < -0.3 is 15.6 Å². The summed E-state index contributed by atoms with van der Waals surface area (Å²) in [6.45, 7) is 0.0983. The van der Waals surface area contributed by atoms with Crippen LogP contribution < -0.4 is 10.5 Å². The molecule has 0 spiro atoms. The lowest BCUT2D eigenvalue weighted by Crippen LogP contribution is -2.40. The van der Waals surface area contributed by atoms with Crippen LogP contribution in [-0.2, 0) is 12.8 Å². The minimum absolute atomic E-state index is 0.0983. The van der Waals surface area contributed by atoms with Crippen molar-refractivity contribution in [2.45, 2.75) is 54.9 Å². The molecule has 28 heavy (non-hydrogen) atoms. The lowest BCUT2D eigenvalue weighted by atomic mass is 9.82. The van der Waals surface area contributed by atoms with Gasteiger partial charge in [-0.3, -0.25) is 0 Å². The Balaban J connectivity index is 1.37. The Hall–Kier alpha value is -1.49. The number of methoxy groups -OCH3 is 1. The number of aliphatic hydroxyl groups is 1. The van der Waals surface area contributed by atoms with Crippen LogP contribution in [0.3, 0.4) is 0 Å². The van der Waals surface area contributed by atoms with Gasteiger partial charge in [0.2, 0.25) is 0 Å². The summed E-state index contributed by atoms with van der Waals surface area (Å²) in [5, 5.41) is 9.54. The van der Waals surface area contributed by atoms with Gasteiger partial charge in [0.15, 0.2) is 0 Å². The second-order valence-electron chi connectivity index (χ2n) is 8.59. The van der Waals surface area contributed by atoms with E-state index in [1.807, 2.05) is 17.8 Å². The Morgan fingerprint density at radius 3 is 2.86 bits per heavy atom. The first-order valence-electron chi connectivity index (χ1n) is 10.4. The zero-order valence-electron chi connectivity index (χ0n) is 16.7. The van der Waals surface area contributed by atoms with Crippen molar-refractivity contribution in [3.63, 3.8) is 0 Å². The minimum Gasteiger partial charge on any atom is -0.497 e. The quantitative estimate of drug-likeness (QED) is 0.702. The predicted molar refractivity (Wildman–Crippen MR) is 116 cm³/mol. The lowest BCUT2D eigenvalue weighted by Gasteiger charge is -2.26. The third-order valence-corrected chi connectivity index (χ3v) is 7.74. The number of fused-ring (bicyclic) bond motifs is 1. The van der Waals surface area contributed by atoms with Crippen molar-refractivity contribution in [2.75, 3.05) is 19.5 Å². The number of ether oxygens (including phenoxy) is 1. The number of aryl methyl sites for hydroxylation is 1. The summed E-state index contributed by atoms with van der Waals surface area (Å²) in [6.07, 6.45) is 6.53. The van der Waals surface area contributed by atoms with Crippen LogP contribution in [0.4, 0.5) is 0 Å². The van der Waals surface area contributed by atoms with Crippen molar-refractivity contribution in [1.82, 2.24) is 0 Å². The van der Waals surface area contributed by atoms with Gasteiger partial charge in [0.05, 0.1) is 13.7 Å². The first-order valence-corrected chi connectivity index (χ1v) is 11.4. The molecule has 0 aliphatic heterocycles. The molecule has 3 atom stereocenters. The van der Waals surface area contributed by atoms with E-state index in [1.165, 1.54) is 40.8 Å². The number of rotatable bonds is 6. The SMILES string of the molecule is COc1cccc(SCC2CCc3cc([C@H]4CC[C@](N)(CO)C4)ccc3C2)c1. The molecule has 4 heteroatoms. The fourth-order valence-corrected chi connectivity index (χ4v) is 5.82. The third kappa shape index (κ3) is 4.40. The molecule has 0 radical (unpaired) electrons. The van der Waals surface area contributed by atoms with Crippen LogP contribution in [0.5, 0.6) is 5.75 Å². The fourth-order valence-electron chi connectivity index (χ4n) is 4.74. The van der Waals surface area contributed by atoms with Crippen LogP contribution in [0.1, 0.15) is 48.3 Å². The highest BCUT2D eigenvalue weighted by molar-refractivity contribution is 7.99. The molecule has 2 aliphatic carbocycles. The maximum absolute atomic E-state index is 9.54. The number of benzene rings is 2. The van der Waals surface area contributed by atoms with Crippen molar-refractivity contribution >= 4 is 11.8 Å². The number of hydrogen-bond donors (Lipinski definition) is 2. The third-order valence-electron chi connectivity index (χ3n) is 6.52. The Morgan fingerprint density at radius 2 is 2.07 bits per heavy atom. The summed E-state index contributed by atoms with van der Waals surface area (Å²) in [4.78, 5) is 1.29. The molecule has 4 rings (SSSR count). The number of nitrogens with two attached hydrogens (primary N) is 1. The van der Waals surface area contributed by atoms with Gasteiger partial charge in [-0.2, -0.15) is 0 Å². The Labute approximate surface area is 172 Å². The average Bonchev–Trinajstić information content (AvgIpc) is 3.14. The first-order chi connectivity index (χ1) is 13.6.